The highest BCUT2D eigenvalue weighted by molar-refractivity contribution is 6.32. The molecule has 138 valence electrons. The molecular weight excluding hydrogens is 361 g/mol. The summed E-state index contributed by atoms with van der Waals surface area (Å²) in [5.74, 6) is 0.834. The first-order valence-electron chi connectivity index (χ1n) is 8.25. The number of fused-ring (bicyclic) bond motifs is 1. The number of hydrogen-bond donors (Lipinski definition) is 1. The van der Waals surface area contributed by atoms with Crippen LogP contribution in [0.3, 0.4) is 0 Å². The topological polar surface area (TPSA) is 56.8 Å². The van der Waals surface area contributed by atoms with Crippen molar-refractivity contribution < 1.29 is 23.4 Å². The van der Waals surface area contributed by atoms with E-state index in [4.69, 9.17) is 25.8 Å². The van der Waals surface area contributed by atoms with Gasteiger partial charge in [0.2, 0.25) is 0 Å². The number of amides is 1. The van der Waals surface area contributed by atoms with Crippen LogP contribution in [-0.2, 0) is 4.79 Å². The third kappa shape index (κ3) is 4.19. The number of hydrogen-bond acceptors (Lipinski definition) is 4. The number of carbonyl (C=O) groups is 1. The molecule has 2 aromatic rings. The smallest absolute Gasteiger partial charge is 0.261 e. The number of halogens is 2. The van der Waals surface area contributed by atoms with Crippen LogP contribution in [0.25, 0.3) is 0 Å². The SMILES string of the molecule is CC(Oc1ccc(F)cc1Cl)C(=O)NC(C)c1ccc2c(c1)OCCO2. The summed E-state index contributed by atoms with van der Waals surface area (Å²) >= 11 is 5.92. The summed E-state index contributed by atoms with van der Waals surface area (Å²) in [6.07, 6.45) is -0.794. The highest BCUT2D eigenvalue weighted by Gasteiger charge is 2.20. The van der Waals surface area contributed by atoms with Crippen molar-refractivity contribution in [3.63, 3.8) is 0 Å². The highest BCUT2D eigenvalue weighted by atomic mass is 35.5. The summed E-state index contributed by atoms with van der Waals surface area (Å²) in [6, 6.07) is 9.05. The van der Waals surface area contributed by atoms with E-state index in [0.29, 0.717) is 24.7 Å². The second kappa shape index (κ2) is 7.83. The van der Waals surface area contributed by atoms with Gasteiger partial charge in [0.25, 0.3) is 5.91 Å². The molecule has 0 bridgehead atoms. The van der Waals surface area contributed by atoms with Crippen molar-refractivity contribution in [3.05, 3.63) is 52.8 Å². The summed E-state index contributed by atoms with van der Waals surface area (Å²) in [5, 5.41) is 2.99. The summed E-state index contributed by atoms with van der Waals surface area (Å²) < 4.78 is 29.7. The van der Waals surface area contributed by atoms with E-state index in [2.05, 4.69) is 5.32 Å². The molecule has 1 amide bonds. The Hall–Kier alpha value is -2.47. The van der Waals surface area contributed by atoms with Gasteiger partial charge >= 0.3 is 0 Å². The van der Waals surface area contributed by atoms with E-state index in [-0.39, 0.29) is 22.7 Å². The molecular formula is C19H19ClFNO4. The first kappa shape index (κ1) is 18.3. The van der Waals surface area contributed by atoms with Gasteiger partial charge in [0.05, 0.1) is 11.1 Å². The molecule has 1 aliphatic rings. The van der Waals surface area contributed by atoms with E-state index < -0.39 is 11.9 Å². The normalized spacial score (nSPS) is 15.1. The minimum Gasteiger partial charge on any atom is -0.486 e. The van der Waals surface area contributed by atoms with Crippen LogP contribution >= 0.6 is 11.6 Å². The maximum absolute atomic E-state index is 13.1. The molecule has 2 unspecified atom stereocenters. The maximum atomic E-state index is 13.1. The average Bonchev–Trinajstić information content (AvgIpc) is 2.63. The molecule has 1 heterocycles. The molecule has 2 aromatic carbocycles. The van der Waals surface area contributed by atoms with Crippen LogP contribution in [0.5, 0.6) is 17.2 Å². The van der Waals surface area contributed by atoms with Crippen molar-refractivity contribution in [3.8, 4) is 17.2 Å². The zero-order chi connectivity index (χ0) is 18.7. The monoisotopic (exact) mass is 379 g/mol. The molecule has 1 aliphatic heterocycles. The van der Waals surface area contributed by atoms with Crippen LogP contribution in [-0.4, -0.2) is 25.2 Å². The Morgan fingerprint density at radius 2 is 1.88 bits per heavy atom. The van der Waals surface area contributed by atoms with Gasteiger partial charge < -0.3 is 19.5 Å². The third-order valence-corrected chi connectivity index (χ3v) is 4.29. The summed E-state index contributed by atoms with van der Waals surface area (Å²) in [7, 11) is 0. The molecule has 1 N–H and O–H groups in total. The van der Waals surface area contributed by atoms with Crippen LogP contribution in [0.4, 0.5) is 4.39 Å². The predicted octanol–water partition coefficient (Wildman–Crippen LogP) is 3.90. The lowest BCUT2D eigenvalue weighted by molar-refractivity contribution is -0.127. The fourth-order valence-corrected chi connectivity index (χ4v) is 2.77. The molecule has 0 saturated heterocycles. The van der Waals surface area contributed by atoms with Gasteiger partial charge in [-0.15, -0.1) is 0 Å². The van der Waals surface area contributed by atoms with Gasteiger partial charge in [-0.25, -0.2) is 4.39 Å². The van der Waals surface area contributed by atoms with Gasteiger partial charge in [0.15, 0.2) is 17.6 Å². The van der Waals surface area contributed by atoms with E-state index in [9.17, 15) is 9.18 Å². The Bertz CT molecular complexity index is 814. The molecule has 0 saturated carbocycles. The molecule has 7 heteroatoms. The fraction of sp³-hybridized carbons (Fsp3) is 0.316. The van der Waals surface area contributed by atoms with Crippen molar-refractivity contribution in [2.24, 2.45) is 0 Å². The lowest BCUT2D eigenvalue weighted by Crippen LogP contribution is -2.37. The Kier molecular flexibility index (Phi) is 5.52. The maximum Gasteiger partial charge on any atom is 0.261 e. The van der Waals surface area contributed by atoms with E-state index in [1.165, 1.54) is 12.1 Å². The van der Waals surface area contributed by atoms with Gasteiger partial charge in [-0.05, 0) is 49.7 Å². The zero-order valence-corrected chi connectivity index (χ0v) is 15.2. The van der Waals surface area contributed by atoms with E-state index in [0.717, 1.165) is 11.6 Å². The largest absolute Gasteiger partial charge is 0.486 e. The third-order valence-electron chi connectivity index (χ3n) is 3.99. The van der Waals surface area contributed by atoms with Gasteiger partial charge in [-0.3, -0.25) is 4.79 Å². The van der Waals surface area contributed by atoms with Gasteiger partial charge in [0.1, 0.15) is 24.8 Å². The van der Waals surface area contributed by atoms with Gasteiger partial charge in [-0.1, -0.05) is 17.7 Å². The Labute approximate surface area is 156 Å². The van der Waals surface area contributed by atoms with Crippen molar-refractivity contribution in [1.29, 1.82) is 0 Å². The minimum atomic E-state index is -0.794. The van der Waals surface area contributed by atoms with Crippen molar-refractivity contribution in [2.75, 3.05) is 13.2 Å². The van der Waals surface area contributed by atoms with Crippen molar-refractivity contribution in [2.45, 2.75) is 26.0 Å². The van der Waals surface area contributed by atoms with E-state index >= 15 is 0 Å². The number of carbonyl (C=O) groups excluding carboxylic acids is 1. The number of benzene rings is 2. The quantitative estimate of drug-likeness (QED) is 0.856. The molecule has 5 nitrogen and oxygen atoms in total. The van der Waals surface area contributed by atoms with Crippen LogP contribution in [0.2, 0.25) is 5.02 Å². The van der Waals surface area contributed by atoms with E-state index in [1.807, 2.05) is 25.1 Å². The van der Waals surface area contributed by atoms with Gasteiger partial charge in [0, 0.05) is 0 Å². The minimum absolute atomic E-state index is 0.115. The first-order valence-corrected chi connectivity index (χ1v) is 8.63. The van der Waals surface area contributed by atoms with Crippen LogP contribution < -0.4 is 19.5 Å². The highest BCUT2D eigenvalue weighted by Crippen LogP contribution is 2.32. The molecule has 0 spiro atoms. The number of ether oxygens (including phenoxy) is 3. The molecule has 3 rings (SSSR count). The zero-order valence-electron chi connectivity index (χ0n) is 14.4. The van der Waals surface area contributed by atoms with Crippen LogP contribution in [0.1, 0.15) is 25.5 Å². The standard InChI is InChI=1S/C19H19ClFNO4/c1-11(13-3-5-17-18(9-13)25-8-7-24-17)22-19(23)12(2)26-16-6-4-14(21)10-15(16)20/h3-6,9-12H,7-8H2,1-2H3,(H,22,23). The summed E-state index contributed by atoms with van der Waals surface area (Å²) in [4.78, 5) is 12.4. The molecule has 26 heavy (non-hydrogen) atoms. The molecule has 0 aromatic heterocycles. The Morgan fingerprint density at radius 1 is 1.15 bits per heavy atom. The first-order chi connectivity index (χ1) is 12.4. The van der Waals surface area contributed by atoms with Crippen LogP contribution in [0, 0.1) is 5.82 Å². The predicted molar refractivity (Wildman–Crippen MR) is 95.5 cm³/mol. The van der Waals surface area contributed by atoms with Crippen molar-refractivity contribution >= 4 is 17.5 Å². The Morgan fingerprint density at radius 3 is 2.62 bits per heavy atom. The average molecular weight is 380 g/mol. The number of rotatable bonds is 5. The molecule has 0 aliphatic carbocycles. The summed E-state index contributed by atoms with van der Waals surface area (Å²) in [6.45, 7) is 4.49. The lowest BCUT2D eigenvalue weighted by atomic mass is 10.1. The molecule has 0 fully saturated rings. The molecule has 2 atom stereocenters. The van der Waals surface area contributed by atoms with E-state index in [1.54, 1.807) is 6.92 Å². The second-order valence-corrected chi connectivity index (χ2v) is 6.38. The fourth-order valence-electron chi connectivity index (χ4n) is 2.56. The van der Waals surface area contributed by atoms with Crippen LogP contribution in [0.15, 0.2) is 36.4 Å². The Balaban J connectivity index is 1.63. The molecule has 0 radical (unpaired) electrons. The second-order valence-electron chi connectivity index (χ2n) is 5.97. The van der Waals surface area contributed by atoms with Crippen molar-refractivity contribution in [1.82, 2.24) is 5.32 Å². The summed E-state index contributed by atoms with van der Waals surface area (Å²) in [5.41, 5.74) is 0.884. The number of nitrogens with one attached hydrogen (secondary N) is 1. The van der Waals surface area contributed by atoms with Gasteiger partial charge in [-0.2, -0.15) is 0 Å². The lowest BCUT2D eigenvalue weighted by Gasteiger charge is -2.22.